The maximum atomic E-state index is 12.7. The van der Waals surface area contributed by atoms with Gasteiger partial charge in [-0.2, -0.15) is 0 Å². The third kappa shape index (κ3) is 1.78. The van der Waals surface area contributed by atoms with E-state index >= 15 is 0 Å². The first kappa shape index (κ1) is 12.9. The minimum atomic E-state index is 0.135. The molecule has 1 nitrogen and oxygen atoms in total. The summed E-state index contributed by atoms with van der Waals surface area (Å²) in [6.45, 7) is 8.85. The van der Waals surface area contributed by atoms with Gasteiger partial charge in [-0.25, -0.2) is 0 Å². The van der Waals surface area contributed by atoms with Crippen LogP contribution in [0.2, 0.25) is 0 Å². The smallest absolute Gasteiger partial charge is 0.167 e. The number of rotatable bonds is 3. The molecule has 2 saturated carbocycles. The summed E-state index contributed by atoms with van der Waals surface area (Å²) in [7, 11) is 0. The molecule has 0 radical (unpaired) electrons. The number of hydrogen-bond acceptors (Lipinski definition) is 1. The Balaban J connectivity index is 1.85. The third-order valence-electron chi connectivity index (χ3n) is 6.03. The molecule has 0 aromatic heterocycles. The second kappa shape index (κ2) is 3.94. The van der Waals surface area contributed by atoms with Crippen LogP contribution in [0.5, 0.6) is 0 Å². The van der Waals surface area contributed by atoms with Crippen molar-refractivity contribution in [2.75, 3.05) is 0 Å². The molecule has 0 saturated heterocycles. The third-order valence-corrected chi connectivity index (χ3v) is 6.03. The van der Waals surface area contributed by atoms with Gasteiger partial charge in [0.2, 0.25) is 0 Å². The SMILES string of the molecule is CC1(C)C(C(=O)c2cccc(C3CCC3)c2)C1(C)C. The Morgan fingerprint density at radius 1 is 1.11 bits per heavy atom. The molecule has 0 heterocycles. The van der Waals surface area contributed by atoms with Gasteiger partial charge in [0.25, 0.3) is 0 Å². The molecule has 0 amide bonds. The fourth-order valence-electron chi connectivity index (χ4n) is 3.71. The minimum absolute atomic E-state index is 0.135. The molecule has 0 spiro atoms. The fraction of sp³-hybridized carbons (Fsp3) is 0.611. The summed E-state index contributed by atoms with van der Waals surface area (Å²) in [5, 5.41) is 0. The zero-order valence-corrected chi connectivity index (χ0v) is 12.5. The van der Waals surface area contributed by atoms with Crippen LogP contribution in [-0.4, -0.2) is 5.78 Å². The Labute approximate surface area is 116 Å². The minimum Gasteiger partial charge on any atom is -0.294 e. The first-order valence-electron chi connectivity index (χ1n) is 7.50. The van der Waals surface area contributed by atoms with E-state index in [1.807, 2.05) is 6.07 Å². The van der Waals surface area contributed by atoms with Crippen LogP contribution < -0.4 is 0 Å². The molecule has 0 unspecified atom stereocenters. The van der Waals surface area contributed by atoms with Crippen molar-refractivity contribution in [3.8, 4) is 0 Å². The number of Topliss-reactive ketones (excluding diaryl/α,β-unsaturated/α-hetero) is 1. The second-order valence-electron chi connectivity index (χ2n) is 7.49. The Kier molecular flexibility index (Phi) is 2.68. The van der Waals surface area contributed by atoms with E-state index < -0.39 is 0 Å². The number of carbonyl (C=O) groups is 1. The molecule has 0 atom stereocenters. The molecule has 1 heteroatoms. The molecular formula is C18H24O. The summed E-state index contributed by atoms with van der Waals surface area (Å²) in [6.07, 6.45) is 3.92. The van der Waals surface area contributed by atoms with Gasteiger partial charge in [0.1, 0.15) is 0 Å². The average Bonchev–Trinajstić information content (AvgIpc) is 2.66. The topological polar surface area (TPSA) is 17.1 Å². The monoisotopic (exact) mass is 256 g/mol. The van der Waals surface area contributed by atoms with Gasteiger partial charge in [-0.3, -0.25) is 4.79 Å². The molecular weight excluding hydrogens is 232 g/mol. The van der Waals surface area contributed by atoms with Crippen molar-refractivity contribution >= 4 is 5.78 Å². The van der Waals surface area contributed by atoms with Crippen molar-refractivity contribution in [1.82, 2.24) is 0 Å². The highest BCUT2D eigenvalue weighted by atomic mass is 16.1. The van der Waals surface area contributed by atoms with Crippen LogP contribution >= 0.6 is 0 Å². The zero-order chi connectivity index (χ0) is 13.8. The van der Waals surface area contributed by atoms with Gasteiger partial charge in [0, 0.05) is 11.5 Å². The van der Waals surface area contributed by atoms with Crippen molar-refractivity contribution in [2.24, 2.45) is 16.7 Å². The molecule has 3 rings (SSSR count). The molecule has 2 fully saturated rings. The molecule has 0 aliphatic heterocycles. The molecule has 2 aliphatic carbocycles. The van der Waals surface area contributed by atoms with E-state index in [0.717, 1.165) is 5.56 Å². The Morgan fingerprint density at radius 2 is 1.74 bits per heavy atom. The normalized spacial score (nSPS) is 24.8. The van der Waals surface area contributed by atoms with Gasteiger partial charge >= 0.3 is 0 Å². The van der Waals surface area contributed by atoms with Gasteiger partial charge < -0.3 is 0 Å². The lowest BCUT2D eigenvalue weighted by molar-refractivity contribution is 0.0945. The Hall–Kier alpha value is -1.11. The Bertz CT molecular complexity index is 506. The van der Waals surface area contributed by atoms with E-state index in [9.17, 15) is 4.79 Å². The quantitative estimate of drug-likeness (QED) is 0.709. The lowest BCUT2D eigenvalue weighted by atomic mass is 9.79. The van der Waals surface area contributed by atoms with Crippen LogP contribution in [0, 0.1) is 16.7 Å². The molecule has 1 aromatic rings. The highest BCUT2D eigenvalue weighted by Gasteiger charge is 2.67. The second-order valence-corrected chi connectivity index (χ2v) is 7.49. The van der Waals surface area contributed by atoms with Gasteiger partial charge in [0.15, 0.2) is 5.78 Å². The summed E-state index contributed by atoms with van der Waals surface area (Å²) in [5.74, 6) is 1.22. The molecule has 2 aliphatic rings. The van der Waals surface area contributed by atoms with Crippen molar-refractivity contribution in [3.05, 3.63) is 35.4 Å². The van der Waals surface area contributed by atoms with E-state index in [4.69, 9.17) is 0 Å². The maximum absolute atomic E-state index is 12.7. The van der Waals surface area contributed by atoms with Crippen LogP contribution in [-0.2, 0) is 0 Å². The highest BCUT2D eigenvalue weighted by Crippen LogP contribution is 2.69. The molecule has 0 N–H and O–H groups in total. The number of carbonyl (C=O) groups excluding carboxylic acids is 1. The summed E-state index contributed by atoms with van der Waals surface area (Å²) in [5.41, 5.74) is 2.56. The van der Waals surface area contributed by atoms with E-state index in [2.05, 4.69) is 45.9 Å². The van der Waals surface area contributed by atoms with Crippen molar-refractivity contribution < 1.29 is 4.79 Å². The van der Waals surface area contributed by atoms with Gasteiger partial charge in [-0.1, -0.05) is 52.3 Å². The van der Waals surface area contributed by atoms with E-state index in [1.165, 1.54) is 24.8 Å². The first-order valence-corrected chi connectivity index (χ1v) is 7.50. The number of hydrogen-bond donors (Lipinski definition) is 0. The standard InChI is InChI=1S/C18H24O/c1-17(2)16(18(17,3)4)15(19)14-10-6-9-13(11-14)12-7-5-8-12/h6,9-12,16H,5,7-8H2,1-4H3. The zero-order valence-electron chi connectivity index (χ0n) is 12.5. The van der Waals surface area contributed by atoms with E-state index in [0.29, 0.717) is 11.7 Å². The summed E-state index contributed by atoms with van der Waals surface area (Å²) < 4.78 is 0. The van der Waals surface area contributed by atoms with Crippen molar-refractivity contribution in [1.29, 1.82) is 0 Å². The predicted molar refractivity (Wildman–Crippen MR) is 78.4 cm³/mol. The molecule has 1 aromatic carbocycles. The lowest BCUT2D eigenvalue weighted by Crippen LogP contribution is -2.11. The molecule has 102 valence electrons. The predicted octanol–water partition coefficient (Wildman–Crippen LogP) is 4.82. The maximum Gasteiger partial charge on any atom is 0.167 e. The van der Waals surface area contributed by atoms with E-state index in [-0.39, 0.29) is 16.7 Å². The summed E-state index contributed by atoms with van der Waals surface area (Å²) in [4.78, 5) is 12.7. The van der Waals surface area contributed by atoms with Gasteiger partial charge in [0.05, 0.1) is 0 Å². The number of ketones is 1. The van der Waals surface area contributed by atoms with Gasteiger partial charge in [-0.05, 0) is 41.2 Å². The summed E-state index contributed by atoms with van der Waals surface area (Å²) >= 11 is 0. The van der Waals surface area contributed by atoms with Crippen molar-refractivity contribution in [3.63, 3.8) is 0 Å². The number of benzene rings is 1. The van der Waals surface area contributed by atoms with Crippen LogP contribution in [0.25, 0.3) is 0 Å². The largest absolute Gasteiger partial charge is 0.294 e. The lowest BCUT2D eigenvalue weighted by Gasteiger charge is -2.26. The summed E-state index contributed by atoms with van der Waals surface area (Å²) in [6, 6.07) is 8.39. The van der Waals surface area contributed by atoms with Crippen LogP contribution in [0.4, 0.5) is 0 Å². The fourth-order valence-corrected chi connectivity index (χ4v) is 3.71. The Morgan fingerprint density at radius 3 is 2.21 bits per heavy atom. The van der Waals surface area contributed by atoms with Crippen LogP contribution in [0.3, 0.4) is 0 Å². The van der Waals surface area contributed by atoms with Gasteiger partial charge in [-0.15, -0.1) is 0 Å². The average molecular weight is 256 g/mol. The first-order chi connectivity index (χ1) is 8.85. The highest BCUT2D eigenvalue weighted by molar-refractivity contribution is 6.01. The van der Waals surface area contributed by atoms with E-state index in [1.54, 1.807) is 0 Å². The van der Waals surface area contributed by atoms with Crippen LogP contribution in [0.15, 0.2) is 24.3 Å². The van der Waals surface area contributed by atoms with Crippen LogP contribution in [0.1, 0.15) is 68.8 Å². The van der Waals surface area contributed by atoms with Crippen molar-refractivity contribution in [2.45, 2.75) is 52.9 Å². The molecule has 19 heavy (non-hydrogen) atoms. The molecule has 0 bridgehead atoms.